The van der Waals surface area contributed by atoms with Crippen LogP contribution in [0, 0.1) is 38.8 Å². The van der Waals surface area contributed by atoms with Gasteiger partial charge < -0.3 is 9.30 Å². The number of ether oxygens (including phenoxy) is 1. The molecule has 3 heterocycles. The van der Waals surface area contributed by atoms with Crippen LogP contribution in [0.1, 0.15) is 87.0 Å². The van der Waals surface area contributed by atoms with Crippen molar-refractivity contribution in [3.8, 4) is 34.1 Å². The van der Waals surface area contributed by atoms with Gasteiger partial charge in [0.25, 0.3) is 0 Å². The molecular formula is C45H46N4OPd. The molecule has 3 aromatic heterocycles. The Morgan fingerprint density at radius 2 is 1.47 bits per heavy atom. The first-order chi connectivity index (χ1) is 24.0. The SMILES string of the molecule is Cc1cccc(C)c1-c1c(C)nn(-c2[c-]c(Oc3[c-]c4c(cc3)c3ccccc3n4-c3cc(CC(C)C)ccn3)cc(C(C)C)c2)c1C(C)C.[Pd+2]. The number of pyridine rings is 1. The van der Waals surface area contributed by atoms with E-state index in [2.05, 4.69) is 156 Å². The van der Waals surface area contributed by atoms with Crippen molar-refractivity contribution in [3.05, 3.63) is 131 Å². The summed E-state index contributed by atoms with van der Waals surface area (Å²) in [6, 6.07) is 35.0. The molecule has 0 aliphatic carbocycles. The summed E-state index contributed by atoms with van der Waals surface area (Å²) in [5, 5.41) is 7.42. The summed E-state index contributed by atoms with van der Waals surface area (Å²) in [6.45, 7) is 19.9. The maximum atomic E-state index is 6.68. The second kappa shape index (κ2) is 14.6. The molecule has 7 aromatic rings. The maximum Gasteiger partial charge on any atom is 2.00 e. The Morgan fingerprint density at radius 3 is 2.18 bits per heavy atom. The molecule has 0 aliphatic heterocycles. The predicted octanol–water partition coefficient (Wildman–Crippen LogP) is 11.8. The van der Waals surface area contributed by atoms with E-state index in [1.165, 1.54) is 33.5 Å². The van der Waals surface area contributed by atoms with Gasteiger partial charge in [0.2, 0.25) is 0 Å². The molecule has 0 radical (unpaired) electrons. The predicted molar refractivity (Wildman–Crippen MR) is 206 cm³/mol. The number of hydrogen-bond acceptors (Lipinski definition) is 3. The summed E-state index contributed by atoms with van der Waals surface area (Å²) < 4.78 is 11.0. The molecule has 7 rings (SSSR count). The van der Waals surface area contributed by atoms with Crippen molar-refractivity contribution in [2.24, 2.45) is 5.92 Å². The van der Waals surface area contributed by atoms with Crippen molar-refractivity contribution in [2.75, 3.05) is 0 Å². The summed E-state index contributed by atoms with van der Waals surface area (Å²) in [5.74, 6) is 3.21. The Bertz CT molecular complexity index is 2340. The van der Waals surface area contributed by atoms with Crippen molar-refractivity contribution in [3.63, 3.8) is 0 Å². The zero-order chi connectivity index (χ0) is 35.3. The quantitative estimate of drug-likeness (QED) is 0.109. The van der Waals surface area contributed by atoms with Crippen molar-refractivity contribution >= 4 is 21.8 Å². The molecule has 0 N–H and O–H groups in total. The molecule has 0 saturated heterocycles. The molecule has 0 bridgehead atoms. The largest absolute Gasteiger partial charge is 2.00 e. The fraction of sp³-hybridized carbons (Fsp3) is 0.289. The van der Waals surface area contributed by atoms with Crippen LogP contribution in [0.3, 0.4) is 0 Å². The average molecular weight is 765 g/mol. The van der Waals surface area contributed by atoms with Crippen LogP contribution >= 0.6 is 0 Å². The first-order valence-corrected chi connectivity index (χ1v) is 17.8. The number of rotatable bonds is 9. The number of fused-ring (bicyclic) bond motifs is 3. The van der Waals surface area contributed by atoms with Crippen LogP contribution in [0.5, 0.6) is 11.5 Å². The fourth-order valence-electron chi connectivity index (χ4n) is 7.30. The van der Waals surface area contributed by atoms with E-state index < -0.39 is 0 Å². The number of nitrogens with zero attached hydrogens (tertiary/aromatic N) is 4. The van der Waals surface area contributed by atoms with Gasteiger partial charge >= 0.3 is 20.4 Å². The molecule has 0 atom stereocenters. The zero-order valence-electron chi connectivity index (χ0n) is 31.0. The summed E-state index contributed by atoms with van der Waals surface area (Å²) in [5.41, 5.74) is 12.5. The van der Waals surface area contributed by atoms with Gasteiger partial charge in [-0.1, -0.05) is 83.5 Å². The van der Waals surface area contributed by atoms with E-state index in [9.17, 15) is 0 Å². The van der Waals surface area contributed by atoms with Gasteiger partial charge in [-0.15, -0.1) is 41.3 Å². The smallest absolute Gasteiger partial charge is 0.509 e. The van der Waals surface area contributed by atoms with Crippen LogP contribution in [0.25, 0.3) is 44.4 Å². The van der Waals surface area contributed by atoms with Gasteiger partial charge in [-0.2, -0.15) is 11.2 Å². The van der Waals surface area contributed by atoms with Crippen LogP contribution in [0.15, 0.2) is 85.1 Å². The van der Waals surface area contributed by atoms with Crippen molar-refractivity contribution in [1.82, 2.24) is 19.3 Å². The van der Waals surface area contributed by atoms with E-state index in [1.54, 1.807) is 0 Å². The third-order valence-electron chi connectivity index (χ3n) is 9.58. The number of hydrogen-bond donors (Lipinski definition) is 0. The van der Waals surface area contributed by atoms with Crippen LogP contribution in [0.2, 0.25) is 0 Å². The maximum absolute atomic E-state index is 6.68. The van der Waals surface area contributed by atoms with Gasteiger partial charge in [0.1, 0.15) is 5.82 Å². The molecule has 0 aliphatic rings. The minimum atomic E-state index is 0. The molecule has 0 unspecified atom stereocenters. The minimum absolute atomic E-state index is 0. The van der Waals surface area contributed by atoms with Crippen molar-refractivity contribution in [1.29, 1.82) is 0 Å². The van der Waals surface area contributed by atoms with Crippen molar-refractivity contribution in [2.45, 2.75) is 80.6 Å². The number of aromatic nitrogens is 4. The molecular weight excluding hydrogens is 719 g/mol. The molecule has 262 valence electrons. The van der Waals surface area contributed by atoms with E-state index in [1.807, 2.05) is 12.3 Å². The molecule has 0 fully saturated rings. The molecule has 51 heavy (non-hydrogen) atoms. The molecule has 0 spiro atoms. The second-order valence-electron chi connectivity index (χ2n) is 14.7. The zero-order valence-corrected chi connectivity index (χ0v) is 32.6. The van der Waals surface area contributed by atoms with Crippen LogP contribution in [-0.2, 0) is 26.8 Å². The molecule has 4 aromatic carbocycles. The van der Waals surface area contributed by atoms with Gasteiger partial charge in [-0.25, -0.2) is 4.98 Å². The van der Waals surface area contributed by atoms with E-state index in [0.717, 1.165) is 51.0 Å². The summed E-state index contributed by atoms with van der Waals surface area (Å²) in [4.78, 5) is 4.83. The third kappa shape index (κ3) is 6.93. The Morgan fingerprint density at radius 1 is 0.725 bits per heavy atom. The first kappa shape index (κ1) is 36.3. The summed E-state index contributed by atoms with van der Waals surface area (Å²) >= 11 is 0. The van der Waals surface area contributed by atoms with Gasteiger partial charge in [-0.3, -0.25) is 4.68 Å². The normalized spacial score (nSPS) is 11.7. The van der Waals surface area contributed by atoms with Gasteiger partial charge in [0.15, 0.2) is 0 Å². The van der Waals surface area contributed by atoms with Gasteiger partial charge in [0.05, 0.1) is 11.4 Å². The van der Waals surface area contributed by atoms with Crippen LogP contribution in [0.4, 0.5) is 0 Å². The van der Waals surface area contributed by atoms with Gasteiger partial charge in [-0.05, 0) is 96.5 Å². The Kier molecular flexibility index (Phi) is 10.4. The number of para-hydroxylation sites is 1. The van der Waals surface area contributed by atoms with E-state index in [-0.39, 0.29) is 32.3 Å². The Hall–Kier alpha value is -4.50. The number of aryl methyl sites for hydroxylation is 3. The summed E-state index contributed by atoms with van der Waals surface area (Å²) in [7, 11) is 0. The second-order valence-corrected chi connectivity index (χ2v) is 14.7. The average Bonchev–Trinajstić information content (AvgIpc) is 3.59. The molecule has 5 nitrogen and oxygen atoms in total. The van der Waals surface area contributed by atoms with E-state index in [0.29, 0.717) is 17.4 Å². The van der Waals surface area contributed by atoms with Gasteiger partial charge in [0, 0.05) is 28.8 Å². The van der Waals surface area contributed by atoms with E-state index >= 15 is 0 Å². The van der Waals surface area contributed by atoms with Crippen LogP contribution < -0.4 is 4.74 Å². The Balaban J connectivity index is 0.00000448. The third-order valence-corrected chi connectivity index (χ3v) is 9.58. The molecule has 6 heteroatoms. The summed E-state index contributed by atoms with van der Waals surface area (Å²) in [6.07, 6.45) is 2.91. The standard InChI is InChI=1S/C45H46N4O.Pd/c1-27(2)21-33-19-20-46-42(22-33)48-40-16-11-10-15-38(40)39-18-17-36(26-41(39)48)50-37-24-34(28(3)4)23-35(25-37)49-45(29(5)6)44(32(9)47-49)43-30(7)13-12-14-31(43)8;/h10-20,22-24,27-29H,21H2,1-9H3;/q-2;+2. The molecule has 0 amide bonds. The monoisotopic (exact) mass is 764 g/mol. The Labute approximate surface area is 316 Å². The van der Waals surface area contributed by atoms with Crippen molar-refractivity contribution < 1.29 is 25.2 Å². The topological polar surface area (TPSA) is 44.9 Å². The van der Waals surface area contributed by atoms with Crippen LogP contribution in [-0.4, -0.2) is 19.3 Å². The fourth-order valence-corrected chi connectivity index (χ4v) is 7.30. The van der Waals surface area contributed by atoms with E-state index in [4.69, 9.17) is 14.8 Å². The number of benzene rings is 4. The minimum Gasteiger partial charge on any atom is -0.509 e. The molecule has 0 saturated carbocycles. The first-order valence-electron chi connectivity index (χ1n) is 17.8.